The molecule has 0 aliphatic heterocycles. The third kappa shape index (κ3) is 9.78. The van der Waals surface area contributed by atoms with Crippen molar-refractivity contribution in [3.8, 4) is 0 Å². The Hall–Kier alpha value is -0.140. The Morgan fingerprint density at radius 3 is 2.31 bits per heavy atom. The third-order valence-electron chi connectivity index (χ3n) is 0.929. The van der Waals surface area contributed by atoms with E-state index in [9.17, 15) is 14.7 Å². The molecule has 13 heavy (non-hydrogen) atoms. The zero-order valence-corrected chi connectivity index (χ0v) is 9.65. The molecule has 0 spiro atoms. The number of hydrogen-bond acceptors (Lipinski definition) is 5. The molecule has 7 heteroatoms. The van der Waals surface area contributed by atoms with Gasteiger partial charge in [-0.2, -0.15) is 5.06 Å². The van der Waals surface area contributed by atoms with Crippen LogP contribution < -0.4 is 34.7 Å². The van der Waals surface area contributed by atoms with Gasteiger partial charge in [-0.25, -0.2) is 0 Å². The summed E-state index contributed by atoms with van der Waals surface area (Å²) in [6.07, 6.45) is 0. The van der Waals surface area contributed by atoms with Gasteiger partial charge in [0.05, 0.1) is 19.1 Å². The molecule has 0 saturated heterocycles. The Kier molecular flexibility index (Phi) is 9.98. The van der Waals surface area contributed by atoms with Gasteiger partial charge in [0.15, 0.2) is 0 Å². The SMILES string of the molecule is CCON(CC(=O)[O-])CC(=O)O.[Na+]. The van der Waals surface area contributed by atoms with Crippen molar-refractivity contribution in [3.05, 3.63) is 0 Å². The quantitative estimate of drug-likeness (QED) is 0.340. The molecule has 0 saturated carbocycles. The maximum absolute atomic E-state index is 10.1. The normalized spacial score (nSPS) is 9.38. The van der Waals surface area contributed by atoms with Crippen LogP contribution in [0.25, 0.3) is 0 Å². The Labute approximate surface area is 97.7 Å². The van der Waals surface area contributed by atoms with E-state index in [1.165, 1.54) is 0 Å². The fraction of sp³-hybridized carbons (Fsp3) is 0.667. The van der Waals surface area contributed by atoms with Gasteiger partial charge < -0.3 is 15.0 Å². The smallest absolute Gasteiger partial charge is 0.549 e. The van der Waals surface area contributed by atoms with Crippen molar-refractivity contribution in [2.75, 3.05) is 19.7 Å². The zero-order chi connectivity index (χ0) is 9.56. The Morgan fingerprint density at radius 2 is 2.00 bits per heavy atom. The maximum atomic E-state index is 10.1. The molecule has 0 aromatic carbocycles. The number of carbonyl (C=O) groups is 2. The summed E-state index contributed by atoms with van der Waals surface area (Å²) in [6, 6.07) is 0. The van der Waals surface area contributed by atoms with Gasteiger partial charge in [0.2, 0.25) is 0 Å². The number of carboxylic acids is 2. The van der Waals surface area contributed by atoms with Gasteiger partial charge in [-0.15, -0.1) is 0 Å². The molecule has 0 amide bonds. The van der Waals surface area contributed by atoms with Crippen LogP contribution in [0.15, 0.2) is 0 Å². The standard InChI is InChI=1S/C6H11NO5.Na/c1-2-12-7(3-5(8)9)4-6(10)11;/h2-4H2,1H3,(H,8,9)(H,10,11);/q;+1/p-1. The van der Waals surface area contributed by atoms with Crippen molar-refractivity contribution in [1.29, 1.82) is 0 Å². The first kappa shape index (κ1) is 15.3. The predicted molar refractivity (Wildman–Crippen MR) is 35.8 cm³/mol. The summed E-state index contributed by atoms with van der Waals surface area (Å²) in [4.78, 5) is 24.9. The largest absolute Gasteiger partial charge is 1.00 e. The van der Waals surface area contributed by atoms with Crippen molar-refractivity contribution >= 4 is 11.9 Å². The first-order chi connectivity index (χ1) is 5.56. The summed E-state index contributed by atoms with van der Waals surface area (Å²) in [7, 11) is 0. The van der Waals surface area contributed by atoms with Crippen LogP contribution in [0.1, 0.15) is 6.92 Å². The van der Waals surface area contributed by atoms with Crippen LogP contribution in [0.3, 0.4) is 0 Å². The topological polar surface area (TPSA) is 89.9 Å². The molecule has 0 aliphatic rings. The van der Waals surface area contributed by atoms with E-state index in [4.69, 9.17) is 9.94 Å². The molecule has 0 rings (SSSR count). The molecule has 0 atom stereocenters. The molecule has 0 aliphatic carbocycles. The average Bonchev–Trinajstić information content (AvgIpc) is 1.84. The van der Waals surface area contributed by atoms with Crippen molar-refractivity contribution in [2.24, 2.45) is 0 Å². The van der Waals surface area contributed by atoms with Crippen LogP contribution in [-0.4, -0.2) is 41.8 Å². The molecule has 0 fully saturated rings. The summed E-state index contributed by atoms with van der Waals surface area (Å²) in [6.45, 7) is 0.840. The second kappa shape index (κ2) is 8.46. The summed E-state index contributed by atoms with van der Waals surface area (Å²) < 4.78 is 0. The molecule has 0 aromatic rings. The van der Waals surface area contributed by atoms with Crippen LogP contribution in [0, 0.1) is 0 Å². The third-order valence-corrected chi connectivity index (χ3v) is 0.929. The van der Waals surface area contributed by atoms with Gasteiger partial charge in [-0.05, 0) is 6.92 Å². The molecule has 0 aromatic heterocycles. The van der Waals surface area contributed by atoms with Gasteiger partial charge in [-0.1, -0.05) is 0 Å². The number of rotatable bonds is 6. The van der Waals surface area contributed by atoms with Crippen LogP contribution in [0.4, 0.5) is 0 Å². The molecule has 0 heterocycles. The van der Waals surface area contributed by atoms with Gasteiger partial charge in [0, 0.05) is 0 Å². The molecule has 0 radical (unpaired) electrons. The minimum atomic E-state index is -1.37. The molecule has 1 N–H and O–H groups in total. The number of carbonyl (C=O) groups excluding carboxylic acids is 1. The van der Waals surface area contributed by atoms with Gasteiger partial charge in [0.1, 0.15) is 6.54 Å². The first-order valence-corrected chi connectivity index (χ1v) is 3.35. The fourth-order valence-electron chi connectivity index (χ4n) is 0.625. The van der Waals surface area contributed by atoms with E-state index in [1.54, 1.807) is 6.92 Å². The van der Waals surface area contributed by atoms with Crippen LogP contribution in [0.5, 0.6) is 0 Å². The summed E-state index contributed by atoms with van der Waals surface area (Å²) in [5, 5.41) is 19.1. The fourth-order valence-corrected chi connectivity index (χ4v) is 0.625. The van der Waals surface area contributed by atoms with Crippen molar-refractivity contribution in [1.82, 2.24) is 5.06 Å². The number of aliphatic carboxylic acids is 2. The molecular weight excluding hydrogens is 189 g/mol. The Morgan fingerprint density at radius 1 is 1.46 bits per heavy atom. The predicted octanol–water partition coefficient (Wildman–Crippen LogP) is -4.92. The Balaban J connectivity index is 0. The number of nitrogens with zero attached hydrogens (tertiary/aromatic N) is 1. The van der Waals surface area contributed by atoms with Gasteiger partial charge in [0.25, 0.3) is 0 Å². The van der Waals surface area contributed by atoms with Crippen LogP contribution >= 0.6 is 0 Å². The second-order valence-corrected chi connectivity index (χ2v) is 1.98. The molecule has 0 bridgehead atoms. The van der Waals surface area contributed by atoms with Gasteiger partial charge in [-0.3, -0.25) is 9.63 Å². The first-order valence-electron chi connectivity index (χ1n) is 3.35. The second-order valence-electron chi connectivity index (χ2n) is 1.98. The van der Waals surface area contributed by atoms with Crippen molar-refractivity contribution < 1.29 is 54.2 Å². The summed E-state index contributed by atoms with van der Waals surface area (Å²) in [5.74, 6) is -2.52. The minimum absolute atomic E-state index is 0. The molecule has 6 nitrogen and oxygen atoms in total. The zero-order valence-electron chi connectivity index (χ0n) is 7.65. The summed E-state index contributed by atoms with van der Waals surface area (Å²) in [5.41, 5.74) is 0. The maximum Gasteiger partial charge on any atom is 1.00 e. The van der Waals surface area contributed by atoms with E-state index in [-0.39, 0.29) is 36.2 Å². The molecule has 0 unspecified atom stereocenters. The monoisotopic (exact) mass is 199 g/mol. The van der Waals surface area contributed by atoms with E-state index >= 15 is 0 Å². The molecule has 70 valence electrons. The number of carboxylic acid groups (broad SMARTS) is 2. The van der Waals surface area contributed by atoms with Crippen LogP contribution in [-0.2, 0) is 14.4 Å². The van der Waals surface area contributed by atoms with E-state index in [1.807, 2.05) is 0 Å². The minimum Gasteiger partial charge on any atom is -0.549 e. The molecular formula is C6H10NNaO5. The van der Waals surface area contributed by atoms with Crippen molar-refractivity contribution in [2.45, 2.75) is 6.92 Å². The van der Waals surface area contributed by atoms with E-state index < -0.39 is 25.0 Å². The average molecular weight is 199 g/mol. The van der Waals surface area contributed by atoms with E-state index in [2.05, 4.69) is 0 Å². The van der Waals surface area contributed by atoms with E-state index in [0.29, 0.717) is 0 Å². The van der Waals surface area contributed by atoms with E-state index in [0.717, 1.165) is 5.06 Å². The summed E-state index contributed by atoms with van der Waals surface area (Å²) >= 11 is 0. The van der Waals surface area contributed by atoms with Gasteiger partial charge >= 0.3 is 35.5 Å². The number of hydroxylamine groups is 2. The number of hydrogen-bond donors (Lipinski definition) is 1. The van der Waals surface area contributed by atoms with Crippen molar-refractivity contribution in [3.63, 3.8) is 0 Å². The van der Waals surface area contributed by atoms with Crippen LogP contribution in [0.2, 0.25) is 0 Å². The Bertz CT molecular complexity index is 158.